The monoisotopic (exact) mass is 190 g/mol. The summed E-state index contributed by atoms with van der Waals surface area (Å²) in [4.78, 5) is 11.7. The molecule has 0 unspecified atom stereocenters. The molecule has 1 fully saturated rings. The average Bonchev–Trinajstić information content (AvgIpc) is 1.69. The summed E-state index contributed by atoms with van der Waals surface area (Å²) >= 11 is 0.468. The van der Waals surface area contributed by atoms with E-state index in [0.717, 1.165) is 12.8 Å². The molecule has 1 nitrogen and oxygen atoms in total. The number of carbonyl (C=O) groups excluding carboxylic acids is 1. The second kappa shape index (κ2) is 2.59. The van der Waals surface area contributed by atoms with Crippen molar-refractivity contribution >= 4 is 4.26 Å². The third kappa shape index (κ3) is 1.71. The molecule has 0 aliphatic carbocycles. The molecule has 0 atom stereocenters. The number of hydrogen-bond acceptors (Lipinski definition) is 1. The molecule has 0 saturated carbocycles. The van der Waals surface area contributed by atoms with Crippen molar-refractivity contribution in [1.82, 2.24) is 0 Å². The molecule has 44 valence electrons. The van der Waals surface area contributed by atoms with E-state index >= 15 is 0 Å². The van der Waals surface area contributed by atoms with Crippen LogP contribution in [0.5, 0.6) is 0 Å². The Labute approximate surface area is 51.6 Å². The van der Waals surface area contributed by atoms with Crippen molar-refractivity contribution in [3.8, 4) is 0 Å². The summed E-state index contributed by atoms with van der Waals surface area (Å²) in [6.07, 6.45) is 3.31. The molecule has 7 heavy (non-hydrogen) atoms. The van der Waals surface area contributed by atoms with Gasteiger partial charge in [0.1, 0.15) is 0 Å². The Kier molecular flexibility index (Phi) is 2.03. The van der Waals surface area contributed by atoms with E-state index < -0.39 is 0 Å². The Hall–Kier alpha value is 0.332. The molecule has 0 spiro atoms. The summed E-state index contributed by atoms with van der Waals surface area (Å²) in [7, 11) is 0. The maximum absolute atomic E-state index is 10.5. The van der Waals surface area contributed by atoms with Crippen LogP contribution in [0.3, 0.4) is 0 Å². The molecule has 1 rings (SSSR count). The van der Waals surface area contributed by atoms with Crippen molar-refractivity contribution in [2.24, 2.45) is 0 Å². The van der Waals surface area contributed by atoms with Crippen molar-refractivity contribution in [3.05, 3.63) is 0 Å². The normalized spacial score (nSPS) is 23.7. The number of carbonyl (C=O) groups is 1. The van der Waals surface area contributed by atoms with E-state index in [4.69, 9.17) is 0 Å². The van der Waals surface area contributed by atoms with Gasteiger partial charge in [0, 0.05) is 0 Å². The van der Waals surface area contributed by atoms with E-state index in [1.54, 1.807) is 0 Å². The molecule has 0 bridgehead atoms. The molecular weight excluding hydrogens is 182 g/mol. The summed E-state index contributed by atoms with van der Waals surface area (Å²) in [6, 6.07) is 0. The van der Waals surface area contributed by atoms with Gasteiger partial charge in [-0.1, -0.05) is 0 Å². The number of rotatable bonds is 0. The average molecular weight is 191 g/mol. The van der Waals surface area contributed by atoms with Gasteiger partial charge in [-0.05, 0) is 0 Å². The van der Waals surface area contributed by atoms with Crippen LogP contribution in [0, 0.1) is 0 Å². The molecule has 0 aromatic heterocycles. The molecule has 1 saturated heterocycles. The molecule has 2 heteroatoms. The van der Waals surface area contributed by atoms with Crippen LogP contribution in [0.15, 0.2) is 0 Å². The van der Waals surface area contributed by atoms with Gasteiger partial charge >= 0.3 is 51.2 Å². The first-order valence-electron chi connectivity index (χ1n) is 2.44. The first-order valence-corrected chi connectivity index (χ1v) is 4.32. The minimum absolute atomic E-state index is 0.468. The Morgan fingerprint density at radius 2 is 2.29 bits per heavy atom. The second-order valence-corrected chi connectivity index (χ2v) is 3.74. The fraction of sp³-hybridized carbons (Fsp3) is 0.800. The van der Waals surface area contributed by atoms with Crippen molar-refractivity contribution < 1.29 is 22.8 Å². The van der Waals surface area contributed by atoms with Crippen LogP contribution in [-0.4, -0.2) is 4.26 Å². The van der Waals surface area contributed by atoms with Gasteiger partial charge in [0.15, 0.2) is 0 Å². The van der Waals surface area contributed by atoms with Gasteiger partial charge in [-0.15, -0.1) is 0 Å². The molecule has 0 aromatic rings. The van der Waals surface area contributed by atoms with Gasteiger partial charge in [-0.2, -0.15) is 0 Å². The zero-order valence-corrected chi connectivity index (χ0v) is 5.61. The molecule has 0 N–H and O–H groups in total. The maximum atomic E-state index is 10.5. The quantitative estimate of drug-likeness (QED) is 0.525. The third-order valence-corrected chi connectivity index (χ3v) is 2.86. The van der Waals surface area contributed by atoms with Crippen LogP contribution in [0.1, 0.15) is 19.3 Å². The molecule has 0 amide bonds. The van der Waals surface area contributed by atoms with Crippen molar-refractivity contribution in [1.29, 1.82) is 0 Å². The zero-order valence-electron chi connectivity index (χ0n) is 4.05. The molecule has 1 aliphatic heterocycles. The summed E-state index contributed by atoms with van der Waals surface area (Å²) in [6.45, 7) is 0. The van der Waals surface area contributed by atoms with Crippen molar-refractivity contribution in [3.63, 3.8) is 0 Å². The summed E-state index contributed by atoms with van der Waals surface area (Å²) in [5, 5.41) is 0. The van der Waals surface area contributed by atoms with Crippen LogP contribution in [-0.2, 0) is 22.8 Å². The van der Waals surface area contributed by atoms with Gasteiger partial charge in [0.2, 0.25) is 0 Å². The third-order valence-electron chi connectivity index (χ3n) is 0.923. The van der Waals surface area contributed by atoms with E-state index in [1.807, 2.05) is 0 Å². The van der Waals surface area contributed by atoms with Crippen LogP contribution in [0.4, 0.5) is 0 Å². The molecule has 1 heterocycles. The fourth-order valence-electron chi connectivity index (χ4n) is 0.532. The van der Waals surface area contributed by atoms with Crippen LogP contribution in [0.25, 0.3) is 0 Å². The van der Waals surface area contributed by atoms with Crippen molar-refractivity contribution in [2.45, 2.75) is 24.2 Å². The van der Waals surface area contributed by atoms with E-state index in [0.29, 0.717) is 22.2 Å². The Morgan fingerprint density at radius 3 is 2.57 bits per heavy atom. The topological polar surface area (TPSA) is 17.1 Å². The van der Waals surface area contributed by atoms with Crippen molar-refractivity contribution in [2.75, 3.05) is 0 Å². The summed E-state index contributed by atoms with van der Waals surface area (Å²) in [5.74, 6) is 0. The van der Waals surface area contributed by atoms with Crippen LogP contribution in [0.2, 0.25) is 4.89 Å². The Morgan fingerprint density at radius 1 is 1.43 bits per heavy atom. The van der Waals surface area contributed by atoms with E-state index in [9.17, 15) is 4.79 Å². The van der Waals surface area contributed by atoms with Gasteiger partial charge in [-0.25, -0.2) is 0 Å². The first kappa shape index (κ1) is 5.47. The number of hydrogen-bond donors (Lipinski definition) is 0. The predicted octanol–water partition coefficient (Wildman–Crippen LogP) is 1.20. The fourth-order valence-corrected chi connectivity index (χ4v) is 2.18. The zero-order chi connectivity index (χ0) is 5.11. The molecule has 1 aliphatic rings. The van der Waals surface area contributed by atoms with Crippen LogP contribution >= 0.6 is 0 Å². The van der Waals surface area contributed by atoms with E-state index in [1.165, 1.54) is 11.3 Å². The van der Waals surface area contributed by atoms with Gasteiger partial charge in [-0.3, -0.25) is 0 Å². The SMILES string of the molecule is O=[C]1CCC[CH2][Pd]1. The van der Waals surface area contributed by atoms with Crippen LogP contribution < -0.4 is 0 Å². The van der Waals surface area contributed by atoms with Gasteiger partial charge in [0.25, 0.3) is 0 Å². The first-order chi connectivity index (χ1) is 3.39. The molecule has 0 aromatic carbocycles. The van der Waals surface area contributed by atoms with Gasteiger partial charge < -0.3 is 0 Å². The Bertz CT molecular complexity index is 72.1. The summed E-state index contributed by atoms with van der Waals surface area (Å²) < 4.78 is 0.514. The summed E-state index contributed by atoms with van der Waals surface area (Å²) in [5.41, 5.74) is 0. The predicted molar refractivity (Wildman–Crippen MR) is 23.7 cm³/mol. The molecular formula is C5H8OPd. The second-order valence-electron chi connectivity index (χ2n) is 1.55. The standard InChI is InChI=1S/C5H8O.Pd/c1-2-3-4-5-6;/h1-4H2;. The van der Waals surface area contributed by atoms with E-state index in [-0.39, 0.29) is 0 Å². The molecule has 0 radical (unpaired) electrons. The van der Waals surface area contributed by atoms with E-state index in [2.05, 4.69) is 0 Å². The Balaban J connectivity index is 2.25. The van der Waals surface area contributed by atoms with Gasteiger partial charge in [0.05, 0.1) is 0 Å². The minimum atomic E-state index is 0.468.